The predicted octanol–water partition coefficient (Wildman–Crippen LogP) is 2.88. The first-order chi connectivity index (χ1) is 10.3. The van der Waals surface area contributed by atoms with Crippen molar-refractivity contribution in [2.45, 2.75) is 25.3 Å². The van der Waals surface area contributed by atoms with E-state index in [0.717, 1.165) is 35.5 Å². The van der Waals surface area contributed by atoms with E-state index < -0.39 is 0 Å². The van der Waals surface area contributed by atoms with Crippen LogP contribution >= 0.6 is 11.3 Å². The van der Waals surface area contributed by atoms with Crippen molar-refractivity contribution in [3.05, 3.63) is 22.7 Å². The van der Waals surface area contributed by atoms with Crippen molar-refractivity contribution in [2.24, 2.45) is 5.73 Å². The highest BCUT2D eigenvalue weighted by molar-refractivity contribution is 7.15. The van der Waals surface area contributed by atoms with Gasteiger partial charge in [-0.2, -0.15) is 0 Å². The van der Waals surface area contributed by atoms with E-state index in [1.54, 1.807) is 18.4 Å². The third-order valence-electron chi connectivity index (χ3n) is 3.90. The van der Waals surface area contributed by atoms with Crippen molar-refractivity contribution in [3.8, 4) is 27.8 Å². The predicted molar refractivity (Wildman–Crippen MR) is 80.1 cm³/mol. The lowest BCUT2D eigenvalue weighted by Gasteiger charge is -2.15. The van der Waals surface area contributed by atoms with Crippen LogP contribution in [0.5, 0.6) is 17.2 Å². The maximum absolute atomic E-state index is 6.19. The second kappa shape index (κ2) is 4.89. The van der Waals surface area contributed by atoms with E-state index in [4.69, 9.17) is 24.9 Å². The average molecular weight is 304 g/mol. The summed E-state index contributed by atoms with van der Waals surface area (Å²) in [6, 6.07) is 4.03. The number of fused-ring (bicyclic) bond motifs is 2. The zero-order chi connectivity index (χ0) is 14.4. The van der Waals surface area contributed by atoms with Crippen molar-refractivity contribution in [2.75, 3.05) is 13.9 Å². The minimum absolute atomic E-state index is 0.121. The Balaban J connectivity index is 1.80. The van der Waals surface area contributed by atoms with Crippen LogP contribution < -0.4 is 19.9 Å². The maximum atomic E-state index is 6.19. The third-order valence-corrected chi connectivity index (χ3v) is 5.18. The van der Waals surface area contributed by atoms with E-state index in [0.29, 0.717) is 17.2 Å². The standard InChI is InChI=1S/C15H16N2O3S/c1-18-11-5-8(6-12-13(11)20-7-19-12)15-17-10-4-2-3-9(16)14(10)21-15/h5-6,9H,2-4,7,16H2,1H3. The molecule has 2 aliphatic rings. The summed E-state index contributed by atoms with van der Waals surface area (Å²) in [6.45, 7) is 0.231. The summed E-state index contributed by atoms with van der Waals surface area (Å²) >= 11 is 1.67. The number of rotatable bonds is 2. The maximum Gasteiger partial charge on any atom is 0.231 e. The molecular weight excluding hydrogens is 288 g/mol. The van der Waals surface area contributed by atoms with Crippen LogP contribution in [0.1, 0.15) is 29.5 Å². The molecule has 21 heavy (non-hydrogen) atoms. The molecule has 2 N–H and O–H groups in total. The van der Waals surface area contributed by atoms with Crippen LogP contribution in [-0.2, 0) is 6.42 Å². The molecule has 1 unspecified atom stereocenters. The molecule has 6 heteroatoms. The molecular formula is C15H16N2O3S. The highest BCUT2D eigenvalue weighted by Gasteiger charge is 2.25. The molecule has 0 bridgehead atoms. The van der Waals surface area contributed by atoms with Gasteiger partial charge in [0.1, 0.15) is 5.01 Å². The fraction of sp³-hybridized carbons (Fsp3) is 0.400. The molecule has 0 amide bonds. The lowest BCUT2D eigenvalue weighted by Crippen LogP contribution is -2.15. The third kappa shape index (κ3) is 2.06. The molecule has 4 rings (SSSR count). The van der Waals surface area contributed by atoms with Gasteiger partial charge in [0.25, 0.3) is 0 Å². The molecule has 1 aliphatic heterocycles. The number of aryl methyl sites for hydroxylation is 1. The van der Waals surface area contributed by atoms with Crippen LogP contribution in [0.4, 0.5) is 0 Å². The zero-order valence-electron chi connectivity index (χ0n) is 11.7. The van der Waals surface area contributed by atoms with Gasteiger partial charge in [-0.15, -0.1) is 11.3 Å². The molecule has 0 saturated heterocycles. The monoisotopic (exact) mass is 304 g/mol. The Kier molecular flexibility index (Phi) is 3.01. The molecule has 2 heterocycles. The lowest BCUT2D eigenvalue weighted by molar-refractivity contribution is 0.171. The van der Waals surface area contributed by atoms with Crippen LogP contribution in [-0.4, -0.2) is 18.9 Å². The normalized spacial score (nSPS) is 19.4. The lowest BCUT2D eigenvalue weighted by atomic mass is 9.99. The molecule has 0 fully saturated rings. The number of nitrogens with two attached hydrogens (primary N) is 1. The number of hydrogen-bond acceptors (Lipinski definition) is 6. The summed E-state index contributed by atoms with van der Waals surface area (Å²) in [5, 5.41) is 0.967. The largest absolute Gasteiger partial charge is 0.493 e. The molecule has 0 spiro atoms. The zero-order valence-corrected chi connectivity index (χ0v) is 12.5. The van der Waals surface area contributed by atoms with Gasteiger partial charge in [0.05, 0.1) is 12.8 Å². The number of methoxy groups -OCH3 is 1. The van der Waals surface area contributed by atoms with Gasteiger partial charge in [-0.25, -0.2) is 4.98 Å². The fourth-order valence-electron chi connectivity index (χ4n) is 2.83. The minimum atomic E-state index is 0.121. The summed E-state index contributed by atoms with van der Waals surface area (Å²) < 4.78 is 16.3. The molecule has 2 aromatic rings. The van der Waals surface area contributed by atoms with Crippen LogP contribution in [0, 0.1) is 0 Å². The Bertz CT molecular complexity index is 698. The molecule has 110 valence electrons. The van der Waals surface area contributed by atoms with E-state index >= 15 is 0 Å². The van der Waals surface area contributed by atoms with Gasteiger partial charge in [-0.3, -0.25) is 0 Å². The highest BCUT2D eigenvalue weighted by Crippen LogP contribution is 2.46. The first-order valence-corrected chi connectivity index (χ1v) is 7.81. The smallest absolute Gasteiger partial charge is 0.231 e. The molecule has 5 nitrogen and oxygen atoms in total. The summed E-state index contributed by atoms with van der Waals surface area (Å²) in [5.41, 5.74) is 8.32. The Morgan fingerprint density at radius 3 is 3.10 bits per heavy atom. The van der Waals surface area contributed by atoms with E-state index in [1.165, 1.54) is 4.88 Å². The van der Waals surface area contributed by atoms with Crippen LogP contribution in [0.15, 0.2) is 12.1 Å². The van der Waals surface area contributed by atoms with Crippen LogP contribution in [0.25, 0.3) is 10.6 Å². The van der Waals surface area contributed by atoms with Crippen molar-refractivity contribution in [1.82, 2.24) is 4.98 Å². The Hall–Kier alpha value is -1.79. The minimum Gasteiger partial charge on any atom is -0.493 e. The van der Waals surface area contributed by atoms with Crippen molar-refractivity contribution in [1.29, 1.82) is 0 Å². The summed E-state index contributed by atoms with van der Waals surface area (Å²) in [4.78, 5) is 5.97. The fourth-order valence-corrected chi connectivity index (χ4v) is 3.96. The number of ether oxygens (including phenoxy) is 3. The molecule has 1 atom stereocenters. The van der Waals surface area contributed by atoms with Crippen molar-refractivity contribution >= 4 is 11.3 Å². The Labute approximate surface area is 126 Å². The topological polar surface area (TPSA) is 66.6 Å². The molecule has 1 aliphatic carbocycles. The number of thiazole rings is 1. The second-order valence-corrected chi connectivity index (χ2v) is 6.27. The van der Waals surface area contributed by atoms with E-state index in [1.807, 2.05) is 12.1 Å². The average Bonchev–Trinajstić information content (AvgIpc) is 3.12. The van der Waals surface area contributed by atoms with Crippen molar-refractivity contribution in [3.63, 3.8) is 0 Å². The van der Waals surface area contributed by atoms with E-state index in [2.05, 4.69) is 0 Å². The summed E-state index contributed by atoms with van der Waals surface area (Å²) in [7, 11) is 1.63. The molecule has 0 saturated carbocycles. The van der Waals surface area contributed by atoms with Gasteiger partial charge in [0.2, 0.25) is 12.5 Å². The van der Waals surface area contributed by atoms with Gasteiger partial charge >= 0.3 is 0 Å². The number of hydrogen-bond donors (Lipinski definition) is 1. The van der Waals surface area contributed by atoms with Gasteiger partial charge in [0.15, 0.2) is 11.5 Å². The first-order valence-electron chi connectivity index (χ1n) is 6.99. The Morgan fingerprint density at radius 2 is 2.29 bits per heavy atom. The second-order valence-electron chi connectivity index (χ2n) is 5.24. The molecule has 1 aromatic heterocycles. The molecule has 0 radical (unpaired) electrons. The number of aromatic nitrogens is 1. The van der Waals surface area contributed by atoms with Crippen LogP contribution in [0.2, 0.25) is 0 Å². The van der Waals surface area contributed by atoms with E-state index in [-0.39, 0.29) is 12.8 Å². The van der Waals surface area contributed by atoms with Crippen molar-refractivity contribution < 1.29 is 14.2 Å². The van der Waals surface area contributed by atoms with Gasteiger partial charge in [0, 0.05) is 16.5 Å². The summed E-state index contributed by atoms with van der Waals surface area (Å²) in [5.74, 6) is 2.05. The number of benzene rings is 1. The van der Waals surface area contributed by atoms with Gasteiger partial charge in [-0.1, -0.05) is 0 Å². The summed E-state index contributed by atoms with van der Waals surface area (Å²) in [6.07, 6.45) is 3.17. The van der Waals surface area contributed by atoms with Gasteiger partial charge in [-0.05, 0) is 31.4 Å². The number of nitrogens with zero attached hydrogens (tertiary/aromatic N) is 1. The van der Waals surface area contributed by atoms with Crippen LogP contribution in [0.3, 0.4) is 0 Å². The van der Waals surface area contributed by atoms with Gasteiger partial charge < -0.3 is 19.9 Å². The quantitative estimate of drug-likeness (QED) is 0.924. The highest BCUT2D eigenvalue weighted by atomic mass is 32.1. The first kappa shape index (κ1) is 12.9. The molecule has 1 aromatic carbocycles. The van der Waals surface area contributed by atoms with E-state index in [9.17, 15) is 0 Å². The Morgan fingerprint density at radius 1 is 1.38 bits per heavy atom. The SMILES string of the molecule is COc1cc(-c2nc3c(s2)C(N)CCC3)cc2c1OCO2.